The van der Waals surface area contributed by atoms with E-state index in [0.29, 0.717) is 11.7 Å². The van der Waals surface area contributed by atoms with Crippen molar-refractivity contribution >= 4 is 22.4 Å². The molecule has 0 aliphatic carbocycles. The fourth-order valence-corrected chi connectivity index (χ4v) is 2.55. The molecule has 1 heterocycles. The average molecular weight is 242 g/mol. The van der Waals surface area contributed by atoms with Crippen molar-refractivity contribution in [3.05, 3.63) is 11.1 Å². The van der Waals surface area contributed by atoms with Crippen molar-refractivity contribution in [1.29, 1.82) is 0 Å². The number of aliphatic carboxylic acids is 1. The third-order valence-corrected chi connectivity index (χ3v) is 3.64. The Morgan fingerprint density at radius 1 is 1.56 bits per heavy atom. The minimum atomic E-state index is -0.831. The van der Waals surface area contributed by atoms with Gasteiger partial charge in [-0.2, -0.15) is 0 Å². The molecule has 0 aliphatic rings. The van der Waals surface area contributed by atoms with E-state index in [9.17, 15) is 4.79 Å². The van der Waals surface area contributed by atoms with Crippen LogP contribution in [0.1, 0.15) is 32.4 Å². The van der Waals surface area contributed by atoms with Crippen LogP contribution in [0.5, 0.6) is 0 Å². The first kappa shape index (κ1) is 13.0. The first-order valence-corrected chi connectivity index (χ1v) is 6.35. The van der Waals surface area contributed by atoms with Gasteiger partial charge in [0.2, 0.25) is 0 Å². The Hall–Kier alpha value is -1.10. The average Bonchev–Trinajstić information content (AvgIpc) is 2.67. The lowest BCUT2D eigenvalue weighted by molar-refractivity contribution is -0.136. The van der Waals surface area contributed by atoms with Crippen LogP contribution in [0.2, 0.25) is 0 Å². The van der Waals surface area contributed by atoms with E-state index in [2.05, 4.69) is 23.7 Å². The van der Waals surface area contributed by atoms with E-state index in [1.807, 2.05) is 12.4 Å². The first-order valence-electron chi connectivity index (χ1n) is 5.47. The highest BCUT2D eigenvalue weighted by molar-refractivity contribution is 7.13. The zero-order valence-electron chi connectivity index (χ0n) is 9.93. The number of hydrogen-bond acceptors (Lipinski definition) is 4. The second-order valence-corrected chi connectivity index (χ2v) is 4.61. The van der Waals surface area contributed by atoms with Gasteiger partial charge < -0.3 is 10.0 Å². The molecule has 0 aliphatic heterocycles. The molecule has 0 spiro atoms. The molecule has 1 aromatic heterocycles. The van der Waals surface area contributed by atoms with Crippen molar-refractivity contribution in [1.82, 2.24) is 4.98 Å². The maximum atomic E-state index is 10.5. The highest BCUT2D eigenvalue weighted by Gasteiger charge is 2.15. The molecule has 0 atom stereocenters. The Bertz CT molecular complexity index is 348. The number of carboxylic acid groups (broad SMARTS) is 1. The largest absolute Gasteiger partial charge is 0.481 e. The lowest BCUT2D eigenvalue weighted by atomic mass is 10.1. The second-order valence-electron chi connectivity index (χ2n) is 3.77. The number of rotatable bonds is 6. The number of carbonyl (C=O) groups is 1. The molecule has 1 rings (SSSR count). The summed E-state index contributed by atoms with van der Waals surface area (Å²) in [6.07, 6.45) is 2.15. The van der Waals surface area contributed by atoms with Gasteiger partial charge >= 0.3 is 5.97 Å². The van der Waals surface area contributed by atoms with E-state index >= 15 is 0 Å². The Balaban J connectivity index is 2.72. The highest BCUT2D eigenvalue weighted by Crippen LogP contribution is 2.23. The third kappa shape index (κ3) is 3.20. The predicted octanol–water partition coefficient (Wildman–Crippen LogP) is 2.39. The van der Waals surface area contributed by atoms with Crippen molar-refractivity contribution in [3.8, 4) is 0 Å². The minimum Gasteiger partial charge on any atom is -0.481 e. The topological polar surface area (TPSA) is 53.4 Å². The summed E-state index contributed by atoms with van der Waals surface area (Å²) in [6, 6.07) is 0.476. The number of carboxylic acids is 1. The van der Waals surface area contributed by atoms with Crippen molar-refractivity contribution in [2.45, 2.75) is 39.2 Å². The van der Waals surface area contributed by atoms with Crippen LogP contribution in [-0.2, 0) is 11.2 Å². The highest BCUT2D eigenvalue weighted by atomic mass is 32.1. The predicted molar refractivity (Wildman–Crippen MR) is 66.2 cm³/mol. The Morgan fingerprint density at radius 3 is 2.69 bits per heavy atom. The van der Waals surface area contributed by atoms with Crippen molar-refractivity contribution in [2.75, 3.05) is 11.9 Å². The molecule has 0 saturated heterocycles. The van der Waals surface area contributed by atoms with Gasteiger partial charge in [-0.15, -0.1) is 11.3 Å². The fourth-order valence-electron chi connectivity index (χ4n) is 1.69. The van der Waals surface area contributed by atoms with Crippen LogP contribution in [0.15, 0.2) is 5.38 Å². The van der Waals surface area contributed by atoms with Gasteiger partial charge in [0.25, 0.3) is 0 Å². The third-order valence-electron chi connectivity index (χ3n) is 2.66. The van der Waals surface area contributed by atoms with Gasteiger partial charge in [0.05, 0.1) is 12.1 Å². The van der Waals surface area contributed by atoms with E-state index in [-0.39, 0.29) is 6.42 Å². The van der Waals surface area contributed by atoms with Gasteiger partial charge in [-0.3, -0.25) is 4.79 Å². The summed E-state index contributed by atoms with van der Waals surface area (Å²) >= 11 is 1.51. The molecule has 5 heteroatoms. The molecule has 1 aromatic rings. The van der Waals surface area contributed by atoms with Crippen LogP contribution in [0, 0.1) is 0 Å². The zero-order valence-corrected chi connectivity index (χ0v) is 10.8. The van der Waals surface area contributed by atoms with Gasteiger partial charge in [0, 0.05) is 18.5 Å². The summed E-state index contributed by atoms with van der Waals surface area (Å²) in [5, 5.41) is 11.4. The lowest BCUT2D eigenvalue weighted by Crippen LogP contribution is -2.30. The van der Waals surface area contributed by atoms with E-state index in [1.165, 1.54) is 11.3 Å². The summed E-state index contributed by atoms with van der Waals surface area (Å²) in [4.78, 5) is 17.0. The molecule has 0 fully saturated rings. The molecule has 0 saturated carbocycles. The zero-order chi connectivity index (χ0) is 12.1. The summed E-state index contributed by atoms with van der Waals surface area (Å²) in [6.45, 7) is 4.30. The van der Waals surface area contributed by atoms with Crippen molar-refractivity contribution < 1.29 is 9.90 Å². The quantitative estimate of drug-likeness (QED) is 0.832. The van der Waals surface area contributed by atoms with Gasteiger partial charge in [-0.1, -0.05) is 13.8 Å². The number of anilines is 1. The van der Waals surface area contributed by atoms with Gasteiger partial charge in [0.15, 0.2) is 5.13 Å². The summed E-state index contributed by atoms with van der Waals surface area (Å²) < 4.78 is 0. The number of hydrogen-bond donors (Lipinski definition) is 1. The number of thiazole rings is 1. The lowest BCUT2D eigenvalue weighted by Gasteiger charge is -2.25. The SMILES string of the molecule is CCC(CC)N(C)c1nc(CC(=O)O)cs1. The van der Waals surface area contributed by atoms with Crippen LogP contribution in [0.25, 0.3) is 0 Å². The molecule has 0 bridgehead atoms. The van der Waals surface area contributed by atoms with Crippen LogP contribution in [-0.4, -0.2) is 29.1 Å². The molecule has 1 N–H and O–H groups in total. The molecular weight excluding hydrogens is 224 g/mol. The first-order chi connectivity index (χ1) is 7.58. The molecule has 0 aromatic carbocycles. The van der Waals surface area contributed by atoms with Crippen LogP contribution >= 0.6 is 11.3 Å². The number of nitrogens with zero attached hydrogens (tertiary/aromatic N) is 2. The Kier molecular flexibility index (Phi) is 4.73. The van der Waals surface area contributed by atoms with Crippen LogP contribution in [0.4, 0.5) is 5.13 Å². The molecule has 90 valence electrons. The van der Waals surface area contributed by atoms with Gasteiger partial charge in [-0.25, -0.2) is 4.98 Å². The van der Waals surface area contributed by atoms with Crippen LogP contribution in [0.3, 0.4) is 0 Å². The van der Waals surface area contributed by atoms with E-state index in [0.717, 1.165) is 18.0 Å². The maximum absolute atomic E-state index is 10.5. The summed E-state index contributed by atoms with van der Waals surface area (Å²) in [7, 11) is 2.01. The molecule has 4 nitrogen and oxygen atoms in total. The maximum Gasteiger partial charge on any atom is 0.309 e. The van der Waals surface area contributed by atoms with Gasteiger partial charge in [0.1, 0.15) is 0 Å². The molecule has 0 amide bonds. The minimum absolute atomic E-state index is 0.00720. The molecular formula is C11H18N2O2S. The van der Waals surface area contributed by atoms with Crippen molar-refractivity contribution in [2.24, 2.45) is 0 Å². The second kappa shape index (κ2) is 5.84. The summed E-state index contributed by atoms with van der Waals surface area (Å²) in [5.41, 5.74) is 0.644. The van der Waals surface area contributed by atoms with E-state index in [4.69, 9.17) is 5.11 Å². The normalized spacial score (nSPS) is 10.8. The molecule has 0 radical (unpaired) electrons. The Morgan fingerprint density at radius 2 is 2.19 bits per heavy atom. The summed E-state index contributed by atoms with van der Waals surface area (Å²) in [5.74, 6) is -0.831. The monoisotopic (exact) mass is 242 g/mol. The standard InChI is InChI=1S/C11H18N2O2S/c1-4-9(5-2)13(3)11-12-8(7-16-11)6-10(14)15/h7,9H,4-6H2,1-3H3,(H,14,15). The van der Waals surface area contributed by atoms with E-state index < -0.39 is 5.97 Å². The fraction of sp³-hybridized carbons (Fsp3) is 0.636. The Labute approximate surface area is 99.9 Å². The van der Waals surface area contributed by atoms with Crippen LogP contribution < -0.4 is 4.90 Å². The van der Waals surface area contributed by atoms with E-state index in [1.54, 1.807) is 0 Å². The molecule has 0 unspecified atom stereocenters. The van der Waals surface area contributed by atoms with Gasteiger partial charge in [-0.05, 0) is 12.8 Å². The van der Waals surface area contributed by atoms with Crippen molar-refractivity contribution in [3.63, 3.8) is 0 Å². The number of aromatic nitrogens is 1. The molecule has 16 heavy (non-hydrogen) atoms. The smallest absolute Gasteiger partial charge is 0.309 e.